The van der Waals surface area contributed by atoms with Crippen molar-refractivity contribution in [3.8, 4) is 0 Å². The van der Waals surface area contributed by atoms with E-state index in [0.717, 1.165) is 11.1 Å². The summed E-state index contributed by atoms with van der Waals surface area (Å²) in [6, 6.07) is 7.65. The Bertz CT molecular complexity index is 501. The predicted octanol–water partition coefficient (Wildman–Crippen LogP) is 2.45. The molecule has 4 nitrogen and oxygen atoms in total. The van der Waals surface area contributed by atoms with E-state index in [0.29, 0.717) is 0 Å². The average Bonchev–Trinajstić information content (AvgIpc) is 2.45. The van der Waals surface area contributed by atoms with Crippen molar-refractivity contribution in [3.05, 3.63) is 47.5 Å². The quantitative estimate of drug-likeness (QED) is 0.471. The van der Waals surface area contributed by atoms with Crippen molar-refractivity contribution >= 4 is 11.9 Å². The lowest BCUT2D eigenvalue weighted by atomic mass is 9.80. The third kappa shape index (κ3) is 3.26. The van der Waals surface area contributed by atoms with Gasteiger partial charge in [-0.05, 0) is 19.4 Å². The lowest BCUT2D eigenvalue weighted by Crippen LogP contribution is -2.41. The molecule has 0 aliphatic carbocycles. The van der Waals surface area contributed by atoms with Crippen molar-refractivity contribution in [1.29, 1.82) is 0 Å². The summed E-state index contributed by atoms with van der Waals surface area (Å²) in [6.45, 7) is 3.70. The van der Waals surface area contributed by atoms with Gasteiger partial charge in [0.05, 0.1) is 14.2 Å². The van der Waals surface area contributed by atoms with E-state index < -0.39 is 17.4 Å². The lowest BCUT2D eigenvalue weighted by Gasteiger charge is -2.25. The van der Waals surface area contributed by atoms with Crippen LogP contribution < -0.4 is 0 Å². The highest BCUT2D eigenvalue weighted by Gasteiger charge is 2.46. The van der Waals surface area contributed by atoms with Gasteiger partial charge in [-0.15, -0.1) is 0 Å². The van der Waals surface area contributed by atoms with E-state index in [4.69, 9.17) is 9.47 Å². The number of esters is 2. The molecule has 0 N–H and O–H groups in total. The molecule has 0 aliphatic heterocycles. The van der Waals surface area contributed by atoms with Crippen LogP contribution in [0.3, 0.4) is 0 Å². The fourth-order valence-electron chi connectivity index (χ4n) is 2.22. The molecule has 0 fully saturated rings. The number of carbonyl (C=O) groups is 2. The van der Waals surface area contributed by atoms with Gasteiger partial charge in [-0.3, -0.25) is 9.59 Å². The minimum Gasteiger partial charge on any atom is -0.468 e. The molecule has 0 atom stereocenters. The molecule has 1 aromatic carbocycles. The molecule has 0 aliphatic rings. The zero-order valence-electron chi connectivity index (χ0n) is 12.3. The monoisotopic (exact) mass is 276 g/mol. The van der Waals surface area contributed by atoms with Crippen molar-refractivity contribution in [3.63, 3.8) is 0 Å². The maximum Gasteiger partial charge on any atom is 0.327 e. The highest BCUT2D eigenvalue weighted by atomic mass is 16.5. The Balaban J connectivity index is 3.28. The SMILES string of the molecule is C/C=C/C(Cc1cccc(C)c1)(C(=O)OC)C(=O)OC. The molecule has 20 heavy (non-hydrogen) atoms. The van der Waals surface area contributed by atoms with Crippen LogP contribution in [0.15, 0.2) is 36.4 Å². The molecule has 108 valence electrons. The second-order valence-corrected chi connectivity index (χ2v) is 4.62. The zero-order chi connectivity index (χ0) is 15.2. The number of allylic oxidation sites excluding steroid dienone is 1. The number of aryl methyl sites for hydroxylation is 1. The molecule has 0 radical (unpaired) electrons. The van der Waals surface area contributed by atoms with Crippen LogP contribution in [0.5, 0.6) is 0 Å². The Morgan fingerprint density at radius 3 is 2.25 bits per heavy atom. The molecule has 0 amide bonds. The number of benzene rings is 1. The first-order chi connectivity index (χ1) is 9.50. The molecule has 1 rings (SSSR count). The largest absolute Gasteiger partial charge is 0.468 e. The van der Waals surface area contributed by atoms with Crippen LogP contribution in [0, 0.1) is 12.3 Å². The predicted molar refractivity (Wildman–Crippen MR) is 76.2 cm³/mol. The summed E-state index contributed by atoms with van der Waals surface area (Å²) < 4.78 is 9.61. The van der Waals surface area contributed by atoms with Crippen LogP contribution >= 0.6 is 0 Å². The summed E-state index contributed by atoms with van der Waals surface area (Å²) in [5.41, 5.74) is 0.497. The fourth-order valence-corrected chi connectivity index (χ4v) is 2.22. The van der Waals surface area contributed by atoms with E-state index in [1.165, 1.54) is 20.3 Å². The topological polar surface area (TPSA) is 52.6 Å². The molecule has 0 heterocycles. The van der Waals surface area contributed by atoms with Crippen LogP contribution in [-0.2, 0) is 25.5 Å². The molecule has 0 unspecified atom stereocenters. The molecule has 0 spiro atoms. The molecule has 0 saturated carbocycles. The van der Waals surface area contributed by atoms with Crippen LogP contribution in [-0.4, -0.2) is 26.2 Å². The maximum absolute atomic E-state index is 12.1. The minimum absolute atomic E-state index is 0.207. The lowest BCUT2D eigenvalue weighted by molar-refractivity contribution is -0.165. The molecule has 1 aromatic rings. The van der Waals surface area contributed by atoms with Crippen LogP contribution in [0.1, 0.15) is 18.1 Å². The van der Waals surface area contributed by atoms with Gasteiger partial charge < -0.3 is 9.47 Å². The van der Waals surface area contributed by atoms with E-state index in [9.17, 15) is 9.59 Å². The summed E-state index contributed by atoms with van der Waals surface area (Å²) >= 11 is 0. The first-order valence-corrected chi connectivity index (χ1v) is 6.36. The van der Waals surface area contributed by atoms with Gasteiger partial charge >= 0.3 is 11.9 Å². The number of methoxy groups -OCH3 is 2. The molecule has 4 heteroatoms. The smallest absolute Gasteiger partial charge is 0.327 e. The number of hydrogen-bond acceptors (Lipinski definition) is 4. The molecule has 0 aromatic heterocycles. The van der Waals surface area contributed by atoms with Gasteiger partial charge in [0.2, 0.25) is 0 Å². The number of hydrogen-bond donors (Lipinski definition) is 0. The van der Waals surface area contributed by atoms with Crippen molar-refractivity contribution in [1.82, 2.24) is 0 Å². The standard InChI is InChI=1S/C16H20O4/c1-5-9-16(14(17)19-3,15(18)20-4)11-13-8-6-7-12(2)10-13/h5-10H,11H2,1-4H3/b9-5+. The summed E-state index contributed by atoms with van der Waals surface area (Å²) in [6.07, 6.45) is 3.40. The van der Waals surface area contributed by atoms with Crippen molar-refractivity contribution < 1.29 is 19.1 Å². The Morgan fingerprint density at radius 2 is 1.80 bits per heavy atom. The summed E-state index contributed by atoms with van der Waals surface area (Å²) in [5.74, 6) is -1.24. The van der Waals surface area contributed by atoms with Gasteiger partial charge in [-0.2, -0.15) is 0 Å². The van der Waals surface area contributed by atoms with Crippen LogP contribution in [0.4, 0.5) is 0 Å². The van der Waals surface area contributed by atoms with Gasteiger partial charge in [-0.1, -0.05) is 42.0 Å². The Labute approximate surface area is 119 Å². The van der Waals surface area contributed by atoms with E-state index in [-0.39, 0.29) is 6.42 Å². The van der Waals surface area contributed by atoms with Crippen molar-refractivity contribution in [2.75, 3.05) is 14.2 Å². The Morgan fingerprint density at radius 1 is 1.20 bits per heavy atom. The molecule has 0 saturated heterocycles. The highest BCUT2D eigenvalue weighted by Crippen LogP contribution is 2.29. The van der Waals surface area contributed by atoms with E-state index >= 15 is 0 Å². The van der Waals surface area contributed by atoms with Crippen LogP contribution in [0.2, 0.25) is 0 Å². The van der Waals surface area contributed by atoms with Gasteiger partial charge in [0, 0.05) is 6.42 Å². The average molecular weight is 276 g/mol. The summed E-state index contributed by atoms with van der Waals surface area (Å²) in [7, 11) is 2.53. The third-order valence-corrected chi connectivity index (χ3v) is 3.12. The fraction of sp³-hybridized carbons (Fsp3) is 0.375. The van der Waals surface area contributed by atoms with Crippen molar-refractivity contribution in [2.24, 2.45) is 5.41 Å². The second kappa shape index (κ2) is 6.89. The summed E-state index contributed by atoms with van der Waals surface area (Å²) in [5, 5.41) is 0. The van der Waals surface area contributed by atoms with Crippen molar-refractivity contribution in [2.45, 2.75) is 20.3 Å². The normalized spacial score (nSPS) is 11.4. The Hall–Kier alpha value is -2.10. The summed E-state index contributed by atoms with van der Waals surface area (Å²) in [4.78, 5) is 24.3. The number of carbonyl (C=O) groups excluding carboxylic acids is 2. The minimum atomic E-state index is -1.44. The molecule has 0 bridgehead atoms. The first-order valence-electron chi connectivity index (χ1n) is 6.36. The van der Waals surface area contributed by atoms with E-state index in [1.54, 1.807) is 13.0 Å². The highest BCUT2D eigenvalue weighted by molar-refractivity contribution is 6.02. The first kappa shape index (κ1) is 16.0. The number of ether oxygens (including phenoxy) is 2. The maximum atomic E-state index is 12.1. The number of rotatable bonds is 5. The van der Waals surface area contributed by atoms with Crippen LogP contribution in [0.25, 0.3) is 0 Å². The van der Waals surface area contributed by atoms with Gasteiger partial charge in [-0.25, -0.2) is 0 Å². The molecular formula is C16H20O4. The van der Waals surface area contributed by atoms with Gasteiger partial charge in [0.15, 0.2) is 5.41 Å². The Kier molecular flexibility index (Phi) is 5.50. The molecular weight excluding hydrogens is 256 g/mol. The van der Waals surface area contributed by atoms with Gasteiger partial charge in [0.1, 0.15) is 0 Å². The van der Waals surface area contributed by atoms with E-state index in [2.05, 4.69) is 0 Å². The van der Waals surface area contributed by atoms with E-state index in [1.807, 2.05) is 31.2 Å². The van der Waals surface area contributed by atoms with Gasteiger partial charge in [0.25, 0.3) is 0 Å². The third-order valence-electron chi connectivity index (χ3n) is 3.12. The zero-order valence-corrected chi connectivity index (χ0v) is 12.3. The second-order valence-electron chi connectivity index (χ2n) is 4.62.